The molecule has 1 N–H and O–H groups in total. The number of aromatic nitrogens is 4. The van der Waals surface area contributed by atoms with Crippen LogP contribution >= 0.6 is 0 Å². The highest BCUT2D eigenvalue weighted by Gasteiger charge is 2.14. The van der Waals surface area contributed by atoms with E-state index in [0.717, 1.165) is 44.6 Å². The van der Waals surface area contributed by atoms with Crippen LogP contribution in [0.25, 0.3) is 0 Å². The molecule has 106 valence electrons. The summed E-state index contributed by atoms with van der Waals surface area (Å²) in [6.45, 7) is 2.00. The molecular weight excluding hydrogens is 250 g/mol. The minimum atomic E-state index is 0.970. The fourth-order valence-corrected chi connectivity index (χ4v) is 2.72. The fraction of sp³-hybridized carbons (Fsp3) is 0.533. The predicted molar refractivity (Wildman–Crippen MR) is 78.6 cm³/mol. The standard InChI is InChI=1S/C15H21N5/c1-2-6-14-13(5-1)15(19-11-18-14)17-7-3-4-9-20-10-8-16-12-20/h8,10-12H,1-7,9H2,(H,17,18,19). The number of unbranched alkanes of at least 4 members (excludes halogenated alkanes) is 1. The van der Waals surface area contributed by atoms with Gasteiger partial charge in [0.25, 0.3) is 0 Å². The van der Waals surface area contributed by atoms with Crippen LogP contribution in [0.4, 0.5) is 5.82 Å². The molecule has 0 unspecified atom stereocenters. The van der Waals surface area contributed by atoms with Gasteiger partial charge in [-0.1, -0.05) is 0 Å². The molecule has 1 aliphatic carbocycles. The lowest BCUT2D eigenvalue weighted by atomic mass is 9.96. The zero-order valence-electron chi connectivity index (χ0n) is 11.8. The highest BCUT2D eigenvalue weighted by molar-refractivity contribution is 5.46. The number of fused-ring (bicyclic) bond motifs is 1. The summed E-state index contributed by atoms with van der Waals surface area (Å²) in [6, 6.07) is 0. The van der Waals surface area contributed by atoms with Crippen molar-refractivity contribution < 1.29 is 0 Å². The Bertz CT molecular complexity index is 535. The number of nitrogens with one attached hydrogen (secondary N) is 1. The van der Waals surface area contributed by atoms with Crippen LogP contribution in [0.15, 0.2) is 25.0 Å². The Morgan fingerprint density at radius 1 is 1.15 bits per heavy atom. The molecule has 0 amide bonds. The van der Waals surface area contributed by atoms with Crippen LogP contribution in [0.3, 0.4) is 0 Å². The number of imidazole rings is 1. The van der Waals surface area contributed by atoms with Gasteiger partial charge in [-0.3, -0.25) is 0 Å². The lowest BCUT2D eigenvalue weighted by Crippen LogP contribution is -2.13. The van der Waals surface area contributed by atoms with Gasteiger partial charge in [-0.2, -0.15) is 0 Å². The molecule has 20 heavy (non-hydrogen) atoms. The molecule has 0 aromatic carbocycles. The first kappa shape index (κ1) is 13.1. The SMILES string of the molecule is c1cn(CCCCNc2ncnc3c2CCCC3)cn1. The monoisotopic (exact) mass is 271 g/mol. The first-order valence-corrected chi connectivity index (χ1v) is 7.46. The maximum Gasteiger partial charge on any atom is 0.132 e. The highest BCUT2D eigenvalue weighted by atomic mass is 15.0. The van der Waals surface area contributed by atoms with E-state index in [2.05, 4.69) is 24.8 Å². The molecule has 1 aliphatic rings. The van der Waals surface area contributed by atoms with Crippen molar-refractivity contribution in [2.24, 2.45) is 0 Å². The van der Waals surface area contributed by atoms with Crippen molar-refractivity contribution >= 4 is 5.82 Å². The van der Waals surface area contributed by atoms with Crippen LogP contribution in [0.5, 0.6) is 0 Å². The largest absolute Gasteiger partial charge is 0.370 e. The summed E-state index contributed by atoms with van der Waals surface area (Å²) in [7, 11) is 0. The van der Waals surface area contributed by atoms with Crippen molar-refractivity contribution in [1.82, 2.24) is 19.5 Å². The minimum absolute atomic E-state index is 0.970. The number of hydrogen-bond acceptors (Lipinski definition) is 4. The fourth-order valence-electron chi connectivity index (χ4n) is 2.72. The molecule has 5 heteroatoms. The Labute approximate surface area is 119 Å². The Balaban J connectivity index is 1.46. The van der Waals surface area contributed by atoms with Gasteiger partial charge < -0.3 is 9.88 Å². The lowest BCUT2D eigenvalue weighted by Gasteiger charge is -2.18. The van der Waals surface area contributed by atoms with E-state index in [1.807, 2.05) is 18.7 Å². The van der Waals surface area contributed by atoms with Crippen molar-refractivity contribution in [3.8, 4) is 0 Å². The number of nitrogens with zero attached hydrogens (tertiary/aromatic N) is 4. The summed E-state index contributed by atoms with van der Waals surface area (Å²) in [5, 5.41) is 3.48. The van der Waals surface area contributed by atoms with Gasteiger partial charge in [-0.25, -0.2) is 15.0 Å². The van der Waals surface area contributed by atoms with Gasteiger partial charge in [-0.05, 0) is 38.5 Å². The first-order chi connectivity index (χ1) is 9.93. The summed E-state index contributed by atoms with van der Waals surface area (Å²) in [5.74, 6) is 1.05. The molecule has 0 saturated carbocycles. The van der Waals surface area contributed by atoms with Gasteiger partial charge in [-0.15, -0.1) is 0 Å². The molecule has 2 heterocycles. The van der Waals surface area contributed by atoms with E-state index in [0.29, 0.717) is 0 Å². The summed E-state index contributed by atoms with van der Waals surface area (Å²) in [5.41, 5.74) is 2.58. The lowest BCUT2D eigenvalue weighted by molar-refractivity contribution is 0.619. The molecule has 0 fully saturated rings. The van der Waals surface area contributed by atoms with Crippen LogP contribution < -0.4 is 5.32 Å². The Hall–Kier alpha value is -1.91. The minimum Gasteiger partial charge on any atom is -0.370 e. The zero-order valence-corrected chi connectivity index (χ0v) is 11.8. The Kier molecular flexibility index (Phi) is 4.25. The van der Waals surface area contributed by atoms with E-state index in [1.165, 1.54) is 24.1 Å². The maximum atomic E-state index is 4.40. The molecule has 0 bridgehead atoms. The van der Waals surface area contributed by atoms with Crippen molar-refractivity contribution in [3.63, 3.8) is 0 Å². The number of hydrogen-bond donors (Lipinski definition) is 1. The number of anilines is 1. The van der Waals surface area contributed by atoms with E-state index in [1.54, 1.807) is 6.33 Å². The summed E-state index contributed by atoms with van der Waals surface area (Å²) in [6.07, 6.45) is 14.4. The van der Waals surface area contributed by atoms with Crippen molar-refractivity contribution in [2.75, 3.05) is 11.9 Å². The molecular formula is C15H21N5. The van der Waals surface area contributed by atoms with E-state index >= 15 is 0 Å². The molecule has 3 rings (SSSR count). The quantitative estimate of drug-likeness (QED) is 0.820. The first-order valence-electron chi connectivity index (χ1n) is 7.46. The van der Waals surface area contributed by atoms with Crippen LogP contribution in [-0.4, -0.2) is 26.1 Å². The number of aryl methyl sites for hydroxylation is 2. The van der Waals surface area contributed by atoms with Crippen molar-refractivity contribution in [3.05, 3.63) is 36.3 Å². The molecule has 0 spiro atoms. The van der Waals surface area contributed by atoms with Gasteiger partial charge in [0.15, 0.2) is 0 Å². The van der Waals surface area contributed by atoms with E-state index in [9.17, 15) is 0 Å². The van der Waals surface area contributed by atoms with Crippen molar-refractivity contribution in [1.29, 1.82) is 0 Å². The number of rotatable bonds is 6. The van der Waals surface area contributed by atoms with Gasteiger partial charge in [0, 0.05) is 36.7 Å². The van der Waals surface area contributed by atoms with Crippen LogP contribution in [0, 0.1) is 0 Å². The average molecular weight is 271 g/mol. The summed E-state index contributed by atoms with van der Waals surface area (Å²) >= 11 is 0. The average Bonchev–Trinajstić information content (AvgIpc) is 3.00. The highest BCUT2D eigenvalue weighted by Crippen LogP contribution is 2.24. The van der Waals surface area contributed by atoms with E-state index < -0.39 is 0 Å². The molecule has 0 radical (unpaired) electrons. The van der Waals surface area contributed by atoms with E-state index in [4.69, 9.17) is 0 Å². The second kappa shape index (κ2) is 6.50. The van der Waals surface area contributed by atoms with Gasteiger partial charge >= 0.3 is 0 Å². The molecule has 0 atom stereocenters. The smallest absolute Gasteiger partial charge is 0.132 e. The third-order valence-electron chi connectivity index (χ3n) is 3.82. The van der Waals surface area contributed by atoms with Gasteiger partial charge in [0.05, 0.1) is 6.33 Å². The molecule has 2 aromatic heterocycles. The van der Waals surface area contributed by atoms with Crippen LogP contribution in [-0.2, 0) is 19.4 Å². The summed E-state index contributed by atoms with van der Waals surface area (Å²) in [4.78, 5) is 12.8. The van der Waals surface area contributed by atoms with Crippen LogP contribution in [0.2, 0.25) is 0 Å². The Morgan fingerprint density at radius 3 is 3.00 bits per heavy atom. The Morgan fingerprint density at radius 2 is 2.10 bits per heavy atom. The van der Waals surface area contributed by atoms with E-state index in [-0.39, 0.29) is 0 Å². The molecule has 5 nitrogen and oxygen atoms in total. The second-order valence-corrected chi connectivity index (χ2v) is 5.29. The van der Waals surface area contributed by atoms with Gasteiger partial charge in [0.2, 0.25) is 0 Å². The second-order valence-electron chi connectivity index (χ2n) is 5.29. The normalized spacial score (nSPS) is 14.0. The predicted octanol–water partition coefficient (Wildman–Crippen LogP) is 2.44. The third-order valence-corrected chi connectivity index (χ3v) is 3.82. The van der Waals surface area contributed by atoms with Crippen LogP contribution in [0.1, 0.15) is 36.9 Å². The zero-order chi connectivity index (χ0) is 13.6. The maximum absolute atomic E-state index is 4.40. The molecule has 2 aromatic rings. The third kappa shape index (κ3) is 3.15. The van der Waals surface area contributed by atoms with Crippen molar-refractivity contribution in [2.45, 2.75) is 45.1 Å². The molecule has 0 saturated heterocycles. The summed E-state index contributed by atoms with van der Waals surface area (Å²) < 4.78 is 2.12. The molecule has 0 aliphatic heterocycles. The van der Waals surface area contributed by atoms with Gasteiger partial charge in [0.1, 0.15) is 12.1 Å². The topological polar surface area (TPSA) is 55.6 Å².